The Morgan fingerprint density at radius 1 is 1.17 bits per heavy atom. The van der Waals surface area contributed by atoms with Gasteiger partial charge in [0.15, 0.2) is 11.5 Å². The number of phenolic OH excluding ortho intramolecular Hbond substituents is 1. The molecule has 0 radical (unpaired) electrons. The summed E-state index contributed by atoms with van der Waals surface area (Å²) in [5.41, 5.74) is 3.20. The molecule has 178 valence electrons. The van der Waals surface area contributed by atoms with Crippen molar-refractivity contribution in [3.8, 4) is 22.2 Å². The minimum absolute atomic E-state index is 0.0208. The SMILES string of the molecule is COc1ccc(C2NC(=O)N(CCc3ccccc3)C(C)=C2c2nc(-c3cccs3)no2)cc1O. The highest BCUT2D eigenvalue weighted by atomic mass is 32.1. The van der Waals surface area contributed by atoms with Gasteiger partial charge in [0.1, 0.15) is 0 Å². The summed E-state index contributed by atoms with van der Waals surface area (Å²) in [6.07, 6.45) is 0.692. The molecule has 0 fully saturated rings. The first-order chi connectivity index (χ1) is 17.0. The second kappa shape index (κ2) is 9.63. The van der Waals surface area contributed by atoms with Gasteiger partial charge in [-0.2, -0.15) is 4.98 Å². The molecule has 1 atom stereocenters. The summed E-state index contributed by atoms with van der Waals surface area (Å²) in [5.74, 6) is 1.13. The van der Waals surface area contributed by atoms with Gasteiger partial charge in [0.2, 0.25) is 5.82 Å². The van der Waals surface area contributed by atoms with Crippen molar-refractivity contribution in [2.45, 2.75) is 19.4 Å². The molecule has 9 heteroatoms. The highest BCUT2D eigenvalue weighted by molar-refractivity contribution is 7.13. The summed E-state index contributed by atoms with van der Waals surface area (Å²) in [6, 6.07) is 18.1. The number of carbonyl (C=O) groups excluding carboxylic acids is 1. The van der Waals surface area contributed by atoms with Crippen LogP contribution in [0.1, 0.15) is 30.0 Å². The Kier molecular flexibility index (Phi) is 6.24. The molecule has 2 N–H and O–H groups in total. The van der Waals surface area contributed by atoms with E-state index in [4.69, 9.17) is 9.26 Å². The van der Waals surface area contributed by atoms with Crippen molar-refractivity contribution in [2.24, 2.45) is 0 Å². The Balaban J connectivity index is 1.55. The van der Waals surface area contributed by atoms with Crippen molar-refractivity contribution in [3.05, 3.63) is 88.8 Å². The second-order valence-corrected chi connectivity index (χ2v) is 9.05. The molecule has 0 spiro atoms. The van der Waals surface area contributed by atoms with E-state index in [-0.39, 0.29) is 11.8 Å². The van der Waals surface area contributed by atoms with E-state index in [1.54, 1.807) is 23.1 Å². The van der Waals surface area contributed by atoms with Crippen LogP contribution in [0, 0.1) is 0 Å². The van der Waals surface area contributed by atoms with Gasteiger partial charge < -0.3 is 19.7 Å². The molecule has 0 saturated carbocycles. The van der Waals surface area contributed by atoms with Crippen LogP contribution in [0.25, 0.3) is 16.3 Å². The summed E-state index contributed by atoms with van der Waals surface area (Å²) >= 11 is 1.52. The number of phenols is 1. The number of nitrogens with one attached hydrogen (secondary N) is 1. The molecular formula is C26H24N4O4S. The van der Waals surface area contributed by atoms with Gasteiger partial charge in [-0.15, -0.1) is 11.3 Å². The lowest BCUT2D eigenvalue weighted by Crippen LogP contribution is -2.46. The lowest BCUT2D eigenvalue weighted by atomic mass is 9.94. The Hall–Kier alpha value is -4.11. The smallest absolute Gasteiger partial charge is 0.322 e. The van der Waals surface area contributed by atoms with Crippen LogP contribution in [0.4, 0.5) is 4.79 Å². The number of hydrogen-bond donors (Lipinski definition) is 2. The number of benzene rings is 2. The van der Waals surface area contributed by atoms with E-state index in [1.165, 1.54) is 18.4 Å². The average molecular weight is 489 g/mol. The van der Waals surface area contributed by atoms with Crippen LogP contribution in [0.15, 0.2) is 76.3 Å². The maximum absolute atomic E-state index is 13.2. The number of urea groups is 1. The quantitative estimate of drug-likeness (QED) is 0.368. The number of carbonyl (C=O) groups is 1. The fourth-order valence-electron chi connectivity index (χ4n) is 4.19. The third kappa shape index (κ3) is 4.50. The summed E-state index contributed by atoms with van der Waals surface area (Å²) in [7, 11) is 1.49. The number of nitrogens with zero attached hydrogens (tertiary/aromatic N) is 3. The average Bonchev–Trinajstić information content (AvgIpc) is 3.56. The van der Waals surface area contributed by atoms with E-state index in [1.807, 2.05) is 54.8 Å². The monoisotopic (exact) mass is 488 g/mol. The predicted molar refractivity (Wildman–Crippen MR) is 133 cm³/mol. The van der Waals surface area contributed by atoms with Gasteiger partial charge in [-0.25, -0.2) is 4.79 Å². The molecule has 1 unspecified atom stereocenters. The molecule has 2 amide bonds. The Morgan fingerprint density at radius 3 is 2.71 bits per heavy atom. The maximum Gasteiger partial charge on any atom is 0.322 e. The number of ether oxygens (including phenoxy) is 1. The Morgan fingerprint density at radius 2 is 2.00 bits per heavy atom. The van der Waals surface area contributed by atoms with Crippen LogP contribution in [0.2, 0.25) is 0 Å². The lowest BCUT2D eigenvalue weighted by molar-refractivity contribution is 0.205. The van der Waals surface area contributed by atoms with Crippen molar-refractivity contribution >= 4 is 22.9 Å². The first-order valence-corrected chi connectivity index (χ1v) is 12.0. The lowest BCUT2D eigenvalue weighted by Gasteiger charge is -2.35. The minimum Gasteiger partial charge on any atom is -0.504 e. The molecule has 2 aromatic heterocycles. The highest BCUT2D eigenvalue weighted by Crippen LogP contribution is 2.40. The molecule has 5 rings (SSSR count). The number of aromatic hydroxyl groups is 1. The summed E-state index contributed by atoms with van der Waals surface area (Å²) in [5, 5.41) is 19.6. The molecule has 8 nitrogen and oxygen atoms in total. The number of rotatable bonds is 7. The van der Waals surface area contributed by atoms with Crippen molar-refractivity contribution < 1.29 is 19.2 Å². The van der Waals surface area contributed by atoms with Gasteiger partial charge >= 0.3 is 6.03 Å². The Bertz CT molecular complexity index is 1370. The molecular weight excluding hydrogens is 464 g/mol. The fraction of sp³-hybridized carbons (Fsp3) is 0.192. The van der Waals surface area contributed by atoms with E-state index >= 15 is 0 Å². The molecule has 2 aromatic carbocycles. The number of allylic oxidation sites excluding steroid dienone is 1. The first kappa shape index (κ1) is 22.7. The third-order valence-corrected chi connectivity index (χ3v) is 6.86. The van der Waals surface area contributed by atoms with Crippen LogP contribution in [0.5, 0.6) is 11.5 Å². The number of amides is 2. The topological polar surface area (TPSA) is 101 Å². The van der Waals surface area contributed by atoms with E-state index < -0.39 is 6.04 Å². The molecule has 0 saturated heterocycles. The molecule has 35 heavy (non-hydrogen) atoms. The molecule has 1 aliphatic rings. The number of methoxy groups -OCH3 is 1. The number of hydrogen-bond acceptors (Lipinski definition) is 7. The molecule has 0 aliphatic carbocycles. The zero-order chi connectivity index (χ0) is 24.4. The Labute approximate surface area is 206 Å². The largest absolute Gasteiger partial charge is 0.504 e. The van der Waals surface area contributed by atoms with E-state index in [2.05, 4.69) is 15.5 Å². The molecule has 3 heterocycles. The van der Waals surface area contributed by atoms with Gasteiger partial charge in [-0.05, 0) is 48.1 Å². The second-order valence-electron chi connectivity index (χ2n) is 8.10. The van der Waals surface area contributed by atoms with Gasteiger partial charge in [0.25, 0.3) is 5.89 Å². The zero-order valence-electron chi connectivity index (χ0n) is 19.3. The number of aromatic nitrogens is 2. The summed E-state index contributed by atoms with van der Waals surface area (Å²) in [4.78, 5) is 20.4. The van der Waals surface area contributed by atoms with Gasteiger partial charge in [-0.1, -0.05) is 47.6 Å². The highest BCUT2D eigenvalue weighted by Gasteiger charge is 2.36. The molecule has 0 bridgehead atoms. The summed E-state index contributed by atoms with van der Waals surface area (Å²) in [6.45, 7) is 2.36. The van der Waals surface area contributed by atoms with Crippen molar-refractivity contribution in [3.63, 3.8) is 0 Å². The zero-order valence-corrected chi connectivity index (χ0v) is 20.1. The van der Waals surface area contributed by atoms with E-state index in [0.717, 1.165) is 10.4 Å². The fourth-order valence-corrected chi connectivity index (χ4v) is 4.84. The van der Waals surface area contributed by atoms with Gasteiger partial charge in [-0.3, -0.25) is 4.90 Å². The van der Waals surface area contributed by atoms with Gasteiger partial charge in [0.05, 0.1) is 23.6 Å². The van der Waals surface area contributed by atoms with Crippen molar-refractivity contribution in [1.82, 2.24) is 20.4 Å². The van der Waals surface area contributed by atoms with E-state index in [0.29, 0.717) is 47.3 Å². The van der Waals surface area contributed by atoms with Crippen molar-refractivity contribution in [2.75, 3.05) is 13.7 Å². The molecule has 1 aliphatic heterocycles. The van der Waals surface area contributed by atoms with Gasteiger partial charge in [0, 0.05) is 12.2 Å². The standard InChI is InChI=1S/C26H24N4O4S/c1-16-22(25-28-24(29-34-25)21-9-6-14-35-21)23(18-10-11-20(33-2)19(31)15-18)27-26(32)30(16)13-12-17-7-4-3-5-8-17/h3-11,14-15,23,31H,12-13H2,1-2H3,(H,27,32). The maximum atomic E-state index is 13.2. The van der Waals surface area contributed by atoms with Crippen LogP contribution in [0.3, 0.4) is 0 Å². The van der Waals surface area contributed by atoms with Crippen molar-refractivity contribution in [1.29, 1.82) is 0 Å². The normalized spacial score (nSPS) is 15.9. The van der Waals surface area contributed by atoms with Crippen LogP contribution in [-0.4, -0.2) is 39.8 Å². The minimum atomic E-state index is -0.594. The third-order valence-electron chi connectivity index (χ3n) is 6.00. The van der Waals surface area contributed by atoms with E-state index in [9.17, 15) is 9.90 Å². The van der Waals surface area contributed by atoms with Crippen LogP contribution < -0.4 is 10.1 Å². The predicted octanol–water partition coefficient (Wildman–Crippen LogP) is 5.25. The van der Waals surface area contributed by atoms with Crippen LogP contribution in [-0.2, 0) is 6.42 Å². The first-order valence-electron chi connectivity index (χ1n) is 11.1. The summed E-state index contributed by atoms with van der Waals surface area (Å²) < 4.78 is 10.9. The molecule has 4 aromatic rings. The number of thiophene rings is 1. The van der Waals surface area contributed by atoms with Crippen LogP contribution >= 0.6 is 11.3 Å².